The minimum absolute atomic E-state index is 0.239. The van der Waals surface area contributed by atoms with Crippen LogP contribution >= 0.6 is 23.2 Å². The highest BCUT2D eigenvalue weighted by Crippen LogP contribution is 2.32. The molecule has 1 unspecified atom stereocenters. The summed E-state index contributed by atoms with van der Waals surface area (Å²) in [4.78, 5) is 0. The van der Waals surface area contributed by atoms with E-state index in [1.165, 1.54) is 0 Å². The maximum atomic E-state index is 9.58. The molecule has 0 heterocycles. The predicted octanol–water partition coefficient (Wildman–Crippen LogP) is 4.63. The van der Waals surface area contributed by atoms with Gasteiger partial charge in [-0.15, -0.1) is 0 Å². The Labute approximate surface area is 134 Å². The zero-order valence-electron chi connectivity index (χ0n) is 11.8. The first-order valence-electron chi connectivity index (χ1n) is 6.44. The quantitative estimate of drug-likeness (QED) is 0.870. The van der Waals surface area contributed by atoms with Crippen LogP contribution in [0.25, 0.3) is 0 Å². The molecule has 112 valence electrons. The molecule has 1 N–H and O–H groups in total. The maximum absolute atomic E-state index is 9.58. The van der Waals surface area contributed by atoms with Crippen molar-refractivity contribution in [3.63, 3.8) is 0 Å². The lowest BCUT2D eigenvalue weighted by Gasteiger charge is -2.14. The van der Waals surface area contributed by atoms with E-state index in [0.29, 0.717) is 21.5 Å². The number of aliphatic hydroxyl groups excluding tert-OH is 1. The zero-order valence-corrected chi connectivity index (χ0v) is 13.3. The summed E-state index contributed by atoms with van der Waals surface area (Å²) >= 11 is 12.2. The molecular weight excluding hydrogens is 311 g/mol. The number of hydrogen-bond donors (Lipinski definition) is 1. The van der Waals surface area contributed by atoms with Gasteiger partial charge in [-0.2, -0.15) is 0 Å². The van der Waals surface area contributed by atoms with Gasteiger partial charge in [0.25, 0.3) is 0 Å². The number of benzene rings is 2. The van der Waals surface area contributed by atoms with Gasteiger partial charge in [0.15, 0.2) is 11.5 Å². The second-order valence-corrected chi connectivity index (χ2v) is 5.39. The van der Waals surface area contributed by atoms with E-state index in [-0.39, 0.29) is 6.61 Å². The summed E-state index contributed by atoms with van der Waals surface area (Å²) in [6.45, 7) is 1.93. The Bertz CT molecular complexity index is 607. The highest BCUT2D eigenvalue weighted by molar-refractivity contribution is 6.35. The van der Waals surface area contributed by atoms with Gasteiger partial charge in [-0.25, -0.2) is 0 Å². The molecule has 0 fully saturated rings. The summed E-state index contributed by atoms with van der Waals surface area (Å²) in [6.07, 6.45) is -0.564. The molecule has 0 aliphatic carbocycles. The van der Waals surface area contributed by atoms with Gasteiger partial charge in [-0.1, -0.05) is 35.3 Å². The summed E-state index contributed by atoms with van der Waals surface area (Å²) in [7, 11) is 1.55. The van der Waals surface area contributed by atoms with Crippen LogP contribution in [0.3, 0.4) is 0 Å². The Morgan fingerprint density at radius 2 is 1.76 bits per heavy atom. The Hall–Kier alpha value is -1.42. The first kappa shape index (κ1) is 16.0. The molecule has 2 aromatic rings. The number of halogens is 2. The lowest BCUT2D eigenvalue weighted by molar-refractivity contribution is 0.198. The molecule has 0 spiro atoms. The van der Waals surface area contributed by atoms with E-state index < -0.39 is 6.10 Å². The minimum atomic E-state index is -0.564. The molecule has 2 aromatic carbocycles. The number of hydrogen-bond acceptors (Lipinski definition) is 3. The van der Waals surface area contributed by atoms with Gasteiger partial charge in [-0.3, -0.25) is 0 Å². The smallest absolute Gasteiger partial charge is 0.161 e. The number of methoxy groups -OCH3 is 1. The van der Waals surface area contributed by atoms with Crippen LogP contribution in [0.1, 0.15) is 24.2 Å². The SMILES string of the molecule is COc1cc(C(C)O)ccc1OCc1c(Cl)cccc1Cl. The number of aliphatic hydroxyl groups is 1. The largest absolute Gasteiger partial charge is 0.493 e. The van der Waals surface area contributed by atoms with Gasteiger partial charge in [0.05, 0.1) is 13.2 Å². The van der Waals surface area contributed by atoms with Crippen LogP contribution in [-0.2, 0) is 6.61 Å². The highest BCUT2D eigenvalue weighted by atomic mass is 35.5. The predicted molar refractivity (Wildman–Crippen MR) is 84.4 cm³/mol. The van der Waals surface area contributed by atoms with Crippen LogP contribution in [0.5, 0.6) is 11.5 Å². The molecule has 0 aromatic heterocycles. The Morgan fingerprint density at radius 3 is 2.33 bits per heavy atom. The number of ether oxygens (including phenoxy) is 2. The van der Waals surface area contributed by atoms with Crippen molar-refractivity contribution in [1.29, 1.82) is 0 Å². The zero-order chi connectivity index (χ0) is 15.4. The van der Waals surface area contributed by atoms with Crippen LogP contribution < -0.4 is 9.47 Å². The molecule has 21 heavy (non-hydrogen) atoms. The van der Waals surface area contributed by atoms with Crippen molar-refractivity contribution in [3.8, 4) is 11.5 Å². The molecule has 0 aliphatic rings. The second-order valence-electron chi connectivity index (χ2n) is 4.58. The Balaban J connectivity index is 2.20. The van der Waals surface area contributed by atoms with Gasteiger partial charge >= 0.3 is 0 Å². The molecule has 0 bridgehead atoms. The molecule has 0 amide bonds. The summed E-state index contributed by atoms with van der Waals surface area (Å²) < 4.78 is 11.0. The van der Waals surface area contributed by atoms with Gasteiger partial charge in [0.2, 0.25) is 0 Å². The molecule has 0 saturated heterocycles. The summed E-state index contributed by atoms with van der Waals surface area (Å²) in [6, 6.07) is 10.6. The fourth-order valence-electron chi connectivity index (χ4n) is 1.88. The van der Waals surface area contributed by atoms with Crippen LogP contribution in [0.15, 0.2) is 36.4 Å². The third-order valence-electron chi connectivity index (χ3n) is 3.10. The average Bonchev–Trinajstić information content (AvgIpc) is 2.46. The van der Waals surface area contributed by atoms with Gasteiger partial charge < -0.3 is 14.6 Å². The minimum Gasteiger partial charge on any atom is -0.493 e. The second kappa shape index (κ2) is 7.03. The van der Waals surface area contributed by atoms with Crippen LogP contribution in [0, 0.1) is 0 Å². The summed E-state index contributed by atoms with van der Waals surface area (Å²) in [5.74, 6) is 1.12. The molecular formula is C16H16Cl2O3. The Kier molecular flexibility index (Phi) is 5.34. The molecule has 0 aliphatic heterocycles. The van der Waals surface area contributed by atoms with Crippen molar-refractivity contribution in [3.05, 3.63) is 57.6 Å². The van der Waals surface area contributed by atoms with Crippen LogP contribution in [-0.4, -0.2) is 12.2 Å². The molecule has 0 saturated carbocycles. The lowest BCUT2D eigenvalue weighted by atomic mass is 10.1. The van der Waals surface area contributed by atoms with E-state index >= 15 is 0 Å². The van der Waals surface area contributed by atoms with E-state index in [0.717, 1.165) is 11.1 Å². The third kappa shape index (κ3) is 3.82. The van der Waals surface area contributed by atoms with Crippen LogP contribution in [0.2, 0.25) is 10.0 Å². The van der Waals surface area contributed by atoms with Crippen molar-refractivity contribution >= 4 is 23.2 Å². The lowest BCUT2D eigenvalue weighted by Crippen LogP contribution is -2.00. The maximum Gasteiger partial charge on any atom is 0.161 e. The van der Waals surface area contributed by atoms with Crippen molar-refractivity contribution < 1.29 is 14.6 Å². The van der Waals surface area contributed by atoms with E-state index in [9.17, 15) is 5.11 Å². The van der Waals surface area contributed by atoms with Gasteiger partial charge in [0, 0.05) is 15.6 Å². The van der Waals surface area contributed by atoms with Gasteiger partial charge in [-0.05, 0) is 36.8 Å². The van der Waals surface area contributed by atoms with E-state index in [2.05, 4.69) is 0 Å². The van der Waals surface area contributed by atoms with E-state index in [1.807, 2.05) is 0 Å². The molecule has 3 nitrogen and oxygen atoms in total. The van der Waals surface area contributed by atoms with E-state index in [4.69, 9.17) is 32.7 Å². The monoisotopic (exact) mass is 326 g/mol. The van der Waals surface area contributed by atoms with Crippen molar-refractivity contribution in [2.45, 2.75) is 19.6 Å². The van der Waals surface area contributed by atoms with Crippen molar-refractivity contribution in [2.75, 3.05) is 7.11 Å². The van der Waals surface area contributed by atoms with E-state index in [1.54, 1.807) is 50.4 Å². The number of rotatable bonds is 5. The molecule has 1 atom stereocenters. The third-order valence-corrected chi connectivity index (χ3v) is 3.81. The highest BCUT2D eigenvalue weighted by Gasteiger charge is 2.11. The molecule has 2 rings (SSSR count). The van der Waals surface area contributed by atoms with Gasteiger partial charge in [0.1, 0.15) is 6.61 Å². The molecule has 5 heteroatoms. The van der Waals surface area contributed by atoms with Crippen molar-refractivity contribution in [1.82, 2.24) is 0 Å². The molecule has 0 radical (unpaired) electrons. The van der Waals surface area contributed by atoms with Crippen LogP contribution in [0.4, 0.5) is 0 Å². The topological polar surface area (TPSA) is 38.7 Å². The average molecular weight is 327 g/mol. The first-order valence-corrected chi connectivity index (χ1v) is 7.20. The summed E-state index contributed by atoms with van der Waals surface area (Å²) in [5, 5.41) is 10.7. The summed E-state index contributed by atoms with van der Waals surface area (Å²) in [5.41, 5.74) is 1.48. The standard InChI is InChI=1S/C16H16Cl2O3/c1-10(19)11-6-7-15(16(8-11)20-2)21-9-12-13(17)4-3-5-14(12)18/h3-8,10,19H,9H2,1-2H3. The van der Waals surface area contributed by atoms with Crippen molar-refractivity contribution in [2.24, 2.45) is 0 Å². The fourth-order valence-corrected chi connectivity index (χ4v) is 2.39. The fraction of sp³-hybridized carbons (Fsp3) is 0.250. The Morgan fingerprint density at radius 1 is 1.10 bits per heavy atom. The first-order chi connectivity index (χ1) is 10.0. The normalized spacial score (nSPS) is 12.0.